The molecule has 3 nitrogen and oxygen atoms in total. The zero-order chi connectivity index (χ0) is 10.7. The number of halogens is 2. The lowest BCUT2D eigenvalue weighted by Crippen LogP contribution is -1.99. The van der Waals surface area contributed by atoms with Gasteiger partial charge in [0.05, 0.1) is 4.92 Å². The van der Waals surface area contributed by atoms with Gasteiger partial charge in [-0.05, 0) is 12.3 Å². The van der Waals surface area contributed by atoms with Crippen LogP contribution in [0.15, 0.2) is 12.1 Å². The van der Waals surface area contributed by atoms with E-state index in [-0.39, 0.29) is 11.3 Å². The third-order valence-electron chi connectivity index (χ3n) is 1.65. The number of nitrogens with zero attached hydrogens (tertiary/aromatic N) is 1. The van der Waals surface area contributed by atoms with Crippen LogP contribution < -0.4 is 0 Å². The molecule has 1 aromatic carbocycles. The van der Waals surface area contributed by atoms with Gasteiger partial charge in [-0.3, -0.25) is 10.1 Å². The van der Waals surface area contributed by atoms with Gasteiger partial charge in [0, 0.05) is 17.4 Å². The van der Waals surface area contributed by atoms with Gasteiger partial charge in [-0.1, -0.05) is 0 Å². The third-order valence-corrected chi connectivity index (χ3v) is 2.23. The minimum Gasteiger partial charge on any atom is -0.258 e. The topological polar surface area (TPSA) is 43.1 Å². The molecule has 0 aliphatic carbocycles. The van der Waals surface area contributed by atoms with Gasteiger partial charge in [0.25, 0.3) is 0 Å². The lowest BCUT2D eigenvalue weighted by atomic mass is 10.2. The number of rotatable bonds is 3. The molecule has 0 amide bonds. The average Bonchev–Trinajstić information content (AvgIpc) is 2.11. The molecule has 0 aliphatic heterocycles. The molecule has 0 aromatic heterocycles. The van der Waals surface area contributed by atoms with Crippen molar-refractivity contribution in [2.75, 3.05) is 6.26 Å². The fourth-order valence-electron chi connectivity index (χ4n) is 1.00. The van der Waals surface area contributed by atoms with Gasteiger partial charge in [-0.25, -0.2) is 4.39 Å². The van der Waals surface area contributed by atoms with Crippen LogP contribution in [0.4, 0.5) is 14.5 Å². The molecule has 0 saturated carbocycles. The first-order valence-electron chi connectivity index (χ1n) is 3.68. The monoisotopic (exact) mass is 219 g/mol. The molecule has 0 saturated heterocycles. The van der Waals surface area contributed by atoms with Gasteiger partial charge in [-0.15, -0.1) is 0 Å². The molecule has 14 heavy (non-hydrogen) atoms. The highest BCUT2D eigenvalue weighted by atomic mass is 32.2. The van der Waals surface area contributed by atoms with Crippen molar-refractivity contribution in [3.8, 4) is 0 Å². The van der Waals surface area contributed by atoms with E-state index < -0.39 is 22.2 Å². The molecule has 0 N–H and O–H groups in total. The predicted molar refractivity (Wildman–Crippen MR) is 50.2 cm³/mol. The lowest BCUT2D eigenvalue weighted by molar-refractivity contribution is -0.387. The minimum absolute atomic E-state index is 0.0827. The quantitative estimate of drug-likeness (QED) is 0.580. The smallest absolute Gasteiger partial charge is 0.258 e. The van der Waals surface area contributed by atoms with Crippen molar-refractivity contribution in [1.29, 1.82) is 0 Å². The van der Waals surface area contributed by atoms with Crippen molar-refractivity contribution >= 4 is 17.4 Å². The Kier molecular flexibility index (Phi) is 3.40. The molecule has 0 spiro atoms. The van der Waals surface area contributed by atoms with Crippen LogP contribution in [0.1, 0.15) is 5.56 Å². The van der Waals surface area contributed by atoms with Crippen LogP contribution in [-0.2, 0) is 5.75 Å². The summed E-state index contributed by atoms with van der Waals surface area (Å²) >= 11 is 1.20. The molecule has 0 radical (unpaired) electrons. The predicted octanol–water partition coefficient (Wildman–Crippen LogP) is 2.74. The summed E-state index contributed by atoms with van der Waals surface area (Å²) in [5, 5.41) is 10.3. The molecule has 0 bridgehead atoms. The van der Waals surface area contributed by atoms with Gasteiger partial charge in [0.1, 0.15) is 5.82 Å². The maximum atomic E-state index is 13.3. The summed E-state index contributed by atoms with van der Waals surface area (Å²) in [4.78, 5) is 9.46. The molecule has 0 aliphatic rings. The summed E-state index contributed by atoms with van der Waals surface area (Å²) in [6.07, 6.45) is 1.66. The van der Waals surface area contributed by atoms with E-state index in [4.69, 9.17) is 0 Å². The van der Waals surface area contributed by atoms with Crippen molar-refractivity contribution < 1.29 is 13.7 Å². The number of nitro groups is 1. The maximum Gasteiger partial charge on any atom is 0.305 e. The fraction of sp³-hybridized carbons (Fsp3) is 0.250. The van der Waals surface area contributed by atoms with Crippen LogP contribution in [0.3, 0.4) is 0 Å². The van der Waals surface area contributed by atoms with Crippen LogP contribution in [0, 0.1) is 21.7 Å². The fourth-order valence-corrected chi connectivity index (χ4v) is 1.56. The second-order valence-corrected chi connectivity index (χ2v) is 3.42. The normalized spacial score (nSPS) is 10.2. The SMILES string of the molecule is CSCc1c(F)ccc([N+](=O)[O-])c1F. The molecule has 0 heterocycles. The Morgan fingerprint density at radius 3 is 2.64 bits per heavy atom. The maximum absolute atomic E-state index is 13.3. The number of hydrogen-bond donors (Lipinski definition) is 0. The second-order valence-electron chi connectivity index (χ2n) is 2.55. The molecule has 0 atom stereocenters. The highest BCUT2D eigenvalue weighted by Gasteiger charge is 2.20. The van der Waals surface area contributed by atoms with E-state index in [1.54, 1.807) is 6.26 Å². The Labute approximate surface area is 83.3 Å². The number of nitro benzene ring substituents is 1. The Hall–Kier alpha value is -1.17. The van der Waals surface area contributed by atoms with Crippen LogP contribution in [0.5, 0.6) is 0 Å². The summed E-state index contributed by atoms with van der Waals surface area (Å²) < 4.78 is 26.3. The molecule has 76 valence electrons. The summed E-state index contributed by atoms with van der Waals surface area (Å²) in [5.41, 5.74) is -0.929. The van der Waals surface area contributed by atoms with Crippen molar-refractivity contribution in [3.63, 3.8) is 0 Å². The molecule has 0 fully saturated rings. The molecule has 1 aromatic rings. The third kappa shape index (κ3) is 2.01. The van der Waals surface area contributed by atoms with Gasteiger partial charge in [-0.2, -0.15) is 16.2 Å². The van der Waals surface area contributed by atoms with Crippen molar-refractivity contribution in [2.24, 2.45) is 0 Å². The lowest BCUT2D eigenvalue weighted by Gasteiger charge is -2.02. The van der Waals surface area contributed by atoms with Gasteiger partial charge < -0.3 is 0 Å². The number of hydrogen-bond acceptors (Lipinski definition) is 3. The van der Waals surface area contributed by atoms with Gasteiger partial charge in [0.2, 0.25) is 5.82 Å². The van der Waals surface area contributed by atoms with E-state index in [0.29, 0.717) is 0 Å². The van der Waals surface area contributed by atoms with E-state index in [9.17, 15) is 18.9 Å². The first-order chi connectivity index (χ1) is 6.57. The number of thioether (sulfide) groups is 1. The second kappa shape index (κ2) is 4.36. The van der Waals surface area contributed by atoms with Crippen molar-refractivity contribution in [1.82, 2.24) is 0 Å². The van der Waals surface area contributed by atoms with Crippen molar-refractivity contribution in [2.45, 2.75) is 5.75 Å². The first kappa shape index (κ1) is 10.9. The molecule has 6 heteroatoms. The summed E-state index contributed by atoms with van der Waals surface area (Å²) in [6, 6.07) is 1.74. The highest BCUT2D eigenvalue weighted by Crippen LogP contribution is 2.25. The zero-order valence-corrected chi connectivity index (χ0v) is 8.11. The van der Waals surface area contributed by atoms with E-state index in [1.165, 1.54) is 11.8 Å². The molecular formula is C8H7F2NO2S. The molecule has 0 unspecified atom stereocenters. The van der Waals surface area contributed by atoms with E-state index in [0.717, 1.165) is 12.1 Å². The Morgan fingerprint density at radius 1 is 1.50 bits per heavy atom. The summed E-state index contributed by atoms with van der Waals surface area (Å²) in [5.74, 6) is -1.74. The largest absolute Gasteiger partial charge is 0.305 e. The molecular weight excluding hydrogens is 212 g/mol. The zero-order valence-electron chi connectivity index (χ0n) is 7.29. The van der Waals surface area contributed by atoms with Crippen LogP contribution >= 0.6 is 11.8 Å². The minimum atomic E-state index is -1.08. The van der Waals surface area contributed by atoms with Crippen LogP contribution in [0.25, 0.3) is 0 Å². The molecule has 1 rings (SSSR count). The Morgan fingerprint density at radius 2 is 2.14 bits per heavy atom. The van der Waals surface area contributed by atoms with Gasteiger partial charge in [0.15, 0.2) is 0 Å². The van der Waals surface area contributed by atoms with Crippen LogP contribution in [-0.4, -0.2) is 11.2 Å². The highest BCUT2D eigenvalue weighted by molar-refractivity contribution is 7.97. The Bertz CT molecular complexity index is 371. The van der Waals surface area contributed by atoms with Crippen molar-refractivity contribution in [3.05, 3.63) is 39.4 Å². The van der Waals surface area contributed by atoms with Crippen LogP contribution in [0.2, 0.25) is 0 Å². The summed E-state index contributed by atoms with van der Waals surface area (Å²) in [6.45, 7) is 0. The summed E-state index contributed by atoms with van der Waals surface area (Å²) in [7, 11) is 0. The number of benzene rings is 1. The van der Waals surface area contributed by atoms with E-state index in [2.05, 4.69) is 0 Å². The standard InChI is InChI=1S/C8H7F2NO2S/c1-14-4-5-6(9)2-3-7(8(5)10)11(12)13/h2-3H,4H2,1H3. The first-order valence-corrected chi connectivity index (χ1v) is 5.07. The Balaban J connectivity index is 3.26. The average molecular weight is 219 g/mol. The van der Waals surface area contributed by atoms with E-state index >= 15 is 0 Å². The van der Waals surface area contributed by atoms with E-state index in [1.807, 2.05) is 0 Å². The van der Waals surface area contributed by atoms with Gasteiger partial charge >= 0.3 is 5.69 Å².